The fourth-order valence-electron chi connectivity index (χ4n) is 1.08. The first-order valence-corrected chi connectivity index (χ1v) is 3.92. The second-order valence-electron chi connectivity index (χ2n) is 2.67. The molecular weight excluding hydrogens is 229 g/mol. The number of alkyl halides is 2. The number of carboxylic acid groups (broad SMARTS) is 1. The Morgan fingerprint density at radius 2 is 2.06 bits per heavy atom. The van der Waals surface area contributed by atoms with Crippen molar-refractivity contribution in [2.75, 3.05) is 0 Å². The Balaban J connectivity index is 3.38. The van der Waals surface area contributed by atoms with Crippen LogP contribution in [-0.4, -0.2) is 24.0 Å². The maximum Gasteiger partial charge on any atom is 0.387 e. The summed E-state index contributed by atoms with van der Waals surface area (Å²) in [6, 6.07) is 1.10. The third-order valence-corrected chi connectivity index (χ3v) is 1.65. The molecule has 1 aromatic carbocycles. The largest absolute Gasteiger partial charge is 0.478 e. The smallest absolute Gasteiger partial charge is 0.387 e. The van der Waals surface area contributed by atoms with E-state index >= 15 is 0 Å². The summed E-state index contributed by atoms with van der Waals surface area (Å²) in [7, 11) is 0. The third-order valence-electron chi connectivity index (χ3n) is 1.65. The second kappa shape index (κ2) is 4.65. The van der Waals surface area contributed by atoms with Crippen molar-refractivity contribution in [2.45, 2.75) is 6.61 Å². The summed E-state index contributed by atoms with van der Waals surface area (Å²) in [5.41, 5.74) is -1.42. The van der Waals surface area contributed by atoms with Gasteiger partial charge in [-0.2, -0.15) is 8.78 Å². The maximum absolute atomic E-state index is 12.8. The Morgan fingerprint density at radius 1 is 1.44 bits per heavy atom. The SMILES string of the molecule is O=Cc1cc(F)cc(C(=O)O)c1OC(F)F. The van der Waals surface area contributed by atoms with Crippen molar-refractivity contribution in [1.29, 1.82) is 0 Å². The minimum Gasteiger partial charge on any atom is -0.478 e. The van der Waals surface area contributed by atoms with Crippen LogP contribution in [0, 0.1) is 5.82 Å². The van der Waals surface area contributed by atoms with Gasteiger partial charge in [0.05, 0.1) is 5.56 Å². The van der Waals surface area contributed by atoms with Gasteiger partial charge in [-0.1, -0.05) is 0 Å². The fourth-order valence-corrected chi connectivity index (χ4v) is 1.08. The molecule has 0 amide bonds. The number of benzene rings is 1. The summed E-state index contributed by atoms with van der Waals surface area (Å²) < 4.78 is 40.6. The van der Waals surface area contributed by atoms with E-state index in [2.05, 4.69) is 4.74 Å². The molecule has 16 heavy (non-hydrogen) atoms. The van der Waals surface area contributed by atoms with E-state index in [9.17, 15) is 22.8 Å². The lowest BCUT2D eigenvalue weighted by Crippen LogP contribution is -2.10. The van der Waals surface area contributed by atoms with Gasteiger partial charge in [0.25, 0.3) is 0 Å². The monoisotopic (exact) mass is 234 g/mol. The van der Waals surface area contributed by atoms with E-state index in [0.29, 0.717) is 12.1 Å². The van der Waals surface area contributed by atoms with Crippen LogP contribution in [0.1, 0.15) is 20.7 Å². The number of aldehydes is 1. The van der Waals surface area contributed by atoms with Crippen LogP contribution in [0.2, 0.25) is 0 Å². The minimum atomic E-state index is -3.30. The van der Waals surface area contributed by atoms with Gasteiger partial charge in [0.15, 0.2) is 12.0 Å². The molecule has 0 saturated carbocycles. The molecule has 0 bridgehead atoms. The molecule has 4 nitrogen and oxygen atoms in total. The highest BCUT2D eigenvalue weighted by Gasteiger charge is 2.20. The topological polar surface area (TPSA) is 63.6 Å². The zero-order valence-corrected chi connectivity index (χ0v) is 7.62. The summed E-state index contributed by atoms with van der Waals surface area (Å²) >= 11 is 0. The van der Waals surface area contributed by atoms with Gasteiger partial charge in [-0.3, -0.25) is 4.79 Å². The van der Waals surface area contributed by atoms with E-state index in [-0.39, 0.29) is 6.29 Å². The van der Waals surface area contributed by atoms with Crippen LogP contribution in [-0.2, 0) is 0 Å². The van der Waals surface area contributed by atoms with Gasteiger partial charge in [0.1, 0.15) is 11.4 Å². The van der Waals surface area contributed by atoms with E-state index in [1.165, 1.54) is 0 Å². The van der Waals surface area contributed by atoms with Crippen LogP contribution in [0.3, 0.4) is 0 Å². The quantitative estimate of drug-likeness (QED) is 0.808. The number of ether oxygens (including phenoxy) is 1. The summed E-state index contributed by atoms with van der Waals surface area (Å²) in [4.78, 5) is 21.1. The van der Waals surface area contributed by atoms with E-state index in [1.54, 1.807) is 0 Å². The predicted molar refractivity (Wildman–Crippen MR) is 45.4 cm³/mol. The second-order valence-corrected chi connectivity index (χ2v) is 2.67. The van der Waals surface area contributed by atoms with Crippen molar-refractivity contribution in [3.8, 4) is 5.75 Å². The van der Waals surface area contributed by atoms with Crippen molar-refractivity contribution in [3.63, 3.8) is 0 Å². The highest BCUT2D eigenvalue weighted by Crippen LogP contribution is 2.26. The number of carbonyl (C=O) groups excluding carboxylic acids is 1. The Bertz CT molecular complexity index is 431. The summed E-state index contributed by atoms with van der Waals surface area (Å²) in [5.74, 6) is -3.54. The molecule has 0 aliphatic heterocycles. The van der Waals surface area contributed by atoms with Crippen LogP contribution < -0.4 is 4.74 Å². The summed E-state index contributed by atoms with van der Waals surface area (Å²) in [6.07, 6.45) is 0.0350. The Hall–Kier alpha value is -2.05. The Labute approximate surface area is 87.3 Å². The van der Waals surface area contributed by atoms with E-state index in [0.717, 1.165) is 0 Å². The molecule has 0 unspecified atom stereocenters. The zero-order chi connectivity index (χ0) is 12.3. The Morgan fingerprint density at radius 3 is 2.50 bits per heavy atom. The van der Waals surface area contributed by atoms with Crippen molar-refractivity contribution < 1.29 is 32.6 Å². The molecule has 0 atom stereocenters. The average molecular weight is 234 g/mol. The third kappa shape index (κ3) is 2.50. The highest BCUT2D eigenvalue weighted by atomic mass is 19.3. The maximum atomic E-state index is 12.8. The molecule has 0 aliphatic rings. The number of hydrogen-bond donors (Lipinski definition) is 1. The van der Waals surface area contributed by atoms with Crippen molar-refractivity contribution >= 4 is 12.3 Å². The lowest BCUT2D eigenvalue weighted by molar-refractivity contribution is -0.0506. The van der Waals surface area contributed by atoms with Gasteiger partial charge in [-0.25, -0.2) is 9.18 Å². The first kappa shape index (κ1) is 12.0. The Kier molecular flexibility index (Phi) is 3.49. The van der Waals surface area contributed by atoms with Crippen LogP contribution in [0.25, 0.3) is 0 Å². The van der Waals surface area contributed by atoms with Gasteiger partial charge < -0.3 is 9.84 Å². The normalized spacial score (nSPS) is 10.2. The molecule has 0 aromatic heterocycles. The number of halogens is 3. The van der Waals surface area contributed by atoms with Gasteiger partial charge in [-0.05, 0) is 12.1 Å². The van der Waals surface area contributed by atoms with E-state index < -0.39 is 35.3 Å². The predicted octanol–water partition coefficient (Wildman–Crippen LogP) is 1.94. The van der Waals surface area contributed by atoms with Gasteiger partial charge in [0.2, 0.25) is 0 Å². The summed E-state index contributed by atoms with van der Waals surface area (Å²) in [6.45, 7) is -3.30. The van der Waals surface area contributed by atoms with Crippen molar-refractivity contribution in [3.05, 3.63) is 29.1 Å². The number of carbonyl (C=O) groups is 2. The average Bonchev–Trinajstić information content (AvgIpc) is 2.19. The molecule has 1 N–H and O–H groups in total. The lowest BCUT2D eigenvalue weighted by Gasteiger charge is -2.10. The number of carboxylic acids is 1. The van der Waals surface area contributed by atoms with Crippen molar-refractivity contribution in [1.82, 2.24) is 0 Å². The number of aromatic carboxylic acids is 1. The zero-order valence-electron chi connectivity index (χ0n) is 7.62. The molecule has 0 fully saturated rings. The van der Waals surface area contributed by atoms with E-state index in [4.69, 9.17) is 5.11 Å². The fraction of sp³-hybridized carbons (Fsp3) is 0.111. The number of rotatable bonds is 4. The number of hydrogen-bond acceptors (Lipinski definition) is 3. The van der Waals surface area contributed by atoms with Crippen molar-refractivity contribution in [2.24, 2.45) is 0 Å². The summed E-state index contributed by atoms with van der Waals surface area (Å²) in [5, 5.41) is 8.62. The molecule has 0 aliphatic carbocycles. The molecular formula is C9H5F3O4. The molecule has 7 heteroatoms. The van der Waals surface area contributed by atoms with Crippen LogP contribution in [0.15, 0.2) is 12.1 Å². The first-order chi connectivity index (χ1) is 7.45. The minimum absolute atomic E-state index is 0.0350. The van der Waals surface area contributed by atoms with Crippen LogP contribution >= 0.6 is 0 Å². The lowest BCUT2D eigenvalue weighted by atomic mass is 10.1. The van der Waals surface area contributed by atoms with Gasteiger partial charge in [0, 0.05) is 0 Å². The molecule has 86 valence electrons. The van der Waals surface area contributed by atoms with Gasteiger partial charge in [-0.15, -0.1) is 0 Å². The molecule has 0 saturated heterocycles. The van der Waals surface area contributed by atoms with Crippen LogP contribution in [0.4, 0.5) is 13.2 Å². The standard InChI is InChI=1S/C9H5F3O4/c10-5-1-4(3-13)7(16-9(11)12)6(2-5)8(14)15/h1-3,9H,(H,14,15). The molecule has 0 spiro atoms. The molecule has 1 rings (SSSR count). The first-order valence-electron chi connectivity index (χ1n) is 3.92. The van der Waals surface area contributed by atoms with Crippen LogP contribution in [0.5, 0.6) is 5.75 Å². The molecule has 0 heterocycles. The van der Waals surface area contributed by atoms with E-state index in [1.807, 2.05) is 0 Å². The molecule has 1 aromatic rings. The highest BCUT2D eigenvalue weighted by molar-refractivity contribution is 5.95. The van der Waals surface area contributed by atoms with Gasteiger partial charge >= 0.3 is 12.6 Å². The molecule has 0 radical (unpaired) electrons.